The van der Waals surface area contributed by atoms with E-state index in [4.69, 9.17) is 0 Å². The van der Waals surface area contributed by atoms with Crippen molar-refractivity contribution in [2.24, 2.45) is 0 Å². The maximum Gasteiger partial charge on any atom is 0.0701 e. The van der Waals surface area contributed by atoms with Crippen molar-refractivity contribution in [1.82, 2.24) is 4.98 Å². The molecular formula is C13H15N. The minimum Gasteiger partial charge on any atom is -0.256 e. The van der Waals surface area contributed by atoms with Crippen LogP contribution in [0.15, 0.2) is 54.8 Å². The summed E-state index contributed by atoms with van der Waals surface area (Å²) in [6.07, 6.45) is 12.0. The van der Waals surface area contributed by atoms with Crippen LogP contribution >= 0.6 is 0 Å². The van der Waals surface area contributed by atoms with Crippen LogP contribution in [-0.4, -0.2) is 4.98 Å². The van der Waals surface area contributed by atoms with E-state index in [1.165, 1.54) is 0 Å². The normalized spacial score (nSPS) is 12.9. The van der Waals surface area contributed by atoms with E-state index < -0.39 is 0 Å². The molecule has 0 N–H and O–H groups in total. The Bertz CT molecular complexity index is 345. The second-order valence-electron chi connectivity index (χ2n) is 2.86. The highest BCUT2D eigenvalue weighted by atomic mass is 14.7. The Labute approximate surface area is 85.5 Å². The third kappa shape index (κ3) is 3.02. The predicted octanol–water partition coefficient (Wildman–Crippen LogP) is 3.62. The van der Waals surface area contributed by atoms with Gasteiger partial charge >= 0.3 is 0 Å². The summed E-state index contributed by atoms with van der Waals surface area (Å²) in [5.74, 6) is 0. The fourth-order valence-electron chi connectivity index (χ4n) is 1.14. The van der Waals surface area contributed by atoms with Gasteiger partial charge in [-0.1, -0.05) is 36.4 Å². The van der Waals surface area contributed by atoms with Crippen molar-refractivity contribution < 1.29 is 0 Å². The highest BCUT2D eigenvalue weighted by Crippen LogP contribution is 2.12. The molecular weight excluding hydrogens is 170 g/mol. The zero-order valence-electron chi connectivity index (χ0n) is 8.64. The molecule has 0 spiro atoms. The van der Waals surface area contributed by atoms with Gasteiger partial charge in [-0.3, -0.25) is 4.98 Å². The third-order valence-corrected chi connectivity index (χ3v) is 1.78. The molecule has 1 rings (SSSR count). The Kier molecular flexibility index (Phi) is 4.42. The highest BCUT2D eigenvalue weighted by Gasteiger charge is 1.95. The Hall–Kier alpha value is -1.63. The van der Waals surface area contributed by atoms with E-state index in [1.54, 1.807) is 0 Å². The van der Waals surface area contributed by atoms with Gasteiger partial charge in [-0.05, 0) is 31.6 Å². The molecule has 0 aliphatic heterocycles. The molecule has 0 atom stereocenters. The molecule has 1 heterocycles. The Morgan fingerprint density at radius 3 is 2.64 bits per heavy atom. The highest BCUT2D eigenvalue weighted by molar-refractivity contribution is 5.72. The number of hydrogen-bond donors (Lipinski definition) is 0. The summed E-state index contributed by atoms with van der Waals surface area (Å²) < 4.78 is 0. The van der Waals surface area contributed by atoms with Crippen molar-refractivity contribution in [3.8, 4) is 0 Å². The van der Waals surface area contributed by atoms with Crippen LogP contribution in [0.3, 0.4) is 0 Å². The second kappa shape index (κ2) is 5.92. The number of rotatable bonds is 3. The third-order valence-electron chi connectivity index (χ3n) is 1.78. The topological polar surface area (TPSA) is 12.9 Å². The first-order chi connectivity index (χ1) is 6.88. The average Bonchev–Trinajstić information content (AvgIpc) is 2.25. The fourth-order valence-corrected chi connectivity index (χ4v) is 1.14. The Morgan fingerprint density at radius 2 is 2.07 bits per heavy atom. The molecule has 1 aromatic rings. The lowest BCUT2D eigenvalue weighted by molar-refractivity contribution is 1.28. The van der Waals surface area contributed by atoms with Gasteiger partial charge in [0, 0.05) is 6.20 Å². The number of hydrogen-bond acceptors (Lipinski definition) is 1. The predicted molar refractivity (Wildman–Crippen MR) is 61.8 cm³/mol. The molecule has 0 aliphatic carbocycles. The van der Waals surface area contributed by atoms with Crippen LogP contribution in [0.4, 0.5) is 0 Å². The van der Waals surface area contributed by atoms with E-state index in [0.29, 0.717) is 0 Å². The van der Waals surface area contributed by atoms with Gasteiger partial charge in [0.2, 0.25) is 0 Å². The standard InChI is InChI=1S/C13H15N/c1-3-5-9-12(8-4-2)13-10-6-7-11-14-13/h3-11H,1-2H3/b5-3-,8-4-,12-9+. The molecule has 0 unspecified atom stereocenters. The van der Waals surface area contributed by atoms with Crippen molar-refractivity contribution in [2.75, 3.05) is 0 Å². The first-order valence-corrected chi connectivity index (χ1v) is 4.75. The van der Waals surface area contributed by atoms with E-state index in [-0.39, 0.29) is 0 Å². The summed E-state index contributed by atoms with van der Waals surface area (Å²) >= 11 is 0. The summed E-state index contributed by atoms with van der Waals surface area (Å²) in [6.45, 7) is 4.01. The van der Waals surface area contributed by atoms with Crippen molar-refractivity contribution in [2.45, 2.75) is 13.8 Å². The summed E-state index contributed by atoms with van der Waals surface area (Å²) in [5.41, 5.74) is 2.13. The summed E-state index contributed by atoms with van der Waals surface area (Å²) in [5, 5.41) is 0. The molecule has 1 aromatic heterocycles. The average molecular weight is 185 g/mol. The molecule has 14 heavy (non-hydrogen) atoms. The van der Waals surface area contributed by atoms with Crippen LogP contribution in [0.25, 0.3) is 5.57 Å². The van der Waals surface area contributed by atoms with Crippen molar-refractivity contribution in [3.63, 3.8) is 0 Å². The van der Waals surface area contributed by atoms with Gasteiger partial charge in [0.25, 0.3) is 0 Å². The molecule has 0 saturated heterocycles. The minimum absolute atomic E-state index is 1.00. The lowest BCUT2D eigenvalue weighted by Crippen LogP contribution is -1.84. The van der Waals surface area contributed by atoms with Gasteiger partial charge in [0.1, 0.15) is 0 Å². The van der Waals surface area contributed by atoms with Gasteiger partial charge in [-0.15, -0.1) is 0 Å². The van der Waals surface area contributed by atoms with Crippen molar-refractivity contribution in [3.05, 3.63) is 60.5 Å². The van der Waals surface area contributed by atoms with E-state index in [1.807, 2.05) is 56.5 Å². The molecule has 0 radical (unpaired) electrons. The second-order valence-corrected chi connectivity index (χ2v) is 2.86. The number of allylic oxidation sites excluding steroid dienone is 6. The molecule has 1 heteroatoms. The monoisotopic (exact) mass is 185 g/mol. The van der Waals surface area contributed by atoms with E-state index in [0.717, 1.165) is 11.3 Å². The molecule has 0 aliphatic rings. The zero-order chi connectivity index (χ0) is 10.2. The molecule has 0 fully saturated rings. The van der Waals surface area contributed by atoms with Crippen LogP contribution in [0.5, 0.6) is 0 Å². The molecule has 0 saturated carbocycles. The van der Waals surface area contributed by atoms with E-state index >= 15 is 0 Å². The minimum atomic E-state index is 1.00. The maximum absolute atomic E-state index is 4.30. The number of nitrogens with zero attached hydrogens (tertiary/aromatic N) is 1. The maximum atomic E-state index is 4.30. The smallest absolute Gasteiger partial charge is 0.0701 e. The SMILES string of the molecule is C\C=C/C=C(\C=C/C)c1ccccn1. The van der Waals surface area contributed by atoms with Gasteiger partial charge in [0.05, 0.1) is 5.69 Å². The van der Waals surface area contributed by atoms with Crippen LogP contribution in [-0.2, 0) is 0 Å². The largest absolute Gasteiger partial charge is 0.256 e. The lowest BCUT2D eigenvalue weighted by Gasteiger charge is -1.98. The first-order valence-electron chi connectivity index (χ1n) is 4.75. The number of pyridine rings is 1. The van der Waals surface area contributed by atoms with Gasteiger partial charge in [-0.25, -0.2) is 0 Å². The van der Waals surface area contributed by atoms with Crippen LogP contribution in [0, 0.1) is 0 Å². The number of aromatic nitrogens is 1. The first kappa shape index (κ1) is 10.5. The molecule has 0 bridgehead atoms. The fraction of sp³-hybridized carbons (Fsp3) is 0.154. The molecule has 1 nitrogen and oxygen atoms in total. The summed E-state index contributed by atoms with van der Waals surface area (Å²) in [6, 6.07) is 5.93. The summed E-state index contributed by atoms with van der Waals surface area (Å²) in [7, 11) is 0. The van der Waals surface area contributed by atoms with Gasteiger partial charge in [0.15, 0.2) is 0 Å². The quantitative estimate of drug-likeness (QED) is 0.655. The summed E-state index contributed by atoms with van der Waals surface area (Å²) in [4.78, 5) is 4.30. The van der Waals surface area contributed by atoms with Gasteiger partial charge < -0.3 is 0 Å². The molecule has 0 aromatic carbocycles. The van der Waals surface area contributed by atoms with Crippen molar-refractivity contribution >= 4 is 5.57 Å². The molecule has 72 valence electrons. The van der Waals surface area contributed by atoms with Crippen LogP contribution < -0.4 is 0 Å². The Balaban J connectivity index is 3.00. The molecule has 0 amide bonds. The van der Waals surface area contributed by atoms with E-state index in [9.17, 15) is 0 Å². The van der Waals surface area contributed by atoms with Crippen molar-refractivity contribution in [1.29, 1.82) is 0 Å². The van der Waals surface area contributed by atoms with Gasteiger partial charge in [-0.2, -0.15) is 0 Å². The van der Waals surface area contributed by atoms with E-state index in [2.05, 4.69) is 17.1 Å². The van der Waals surface area contributed by atoms with Crippen LogP contribution in [0.1, 0.15) is 19.5 Å². The zero-order valence-corrected chi connectivity index (χ0v) is 8.64. The lowest BCUT2D eigenvalue weighted by atomic mass is 10.1. The van der Waals surface area contributed by atoms with Crippen LogP contribution in [0.2, 0.25) is 0 Å². The Morgan fingerprint density at radius 1 is 1.21 bits per heavy atom.